The number of rotatable bonds is 0. The third kappa shape index (κ3) is 1.27. The van der Waals surface area contributed by atoms with Crippen molar-refractivity contribution in [3.8, 4) is 0 Å². The van der Waals surface area contributed by atoms with Crippen LogP contribution in [0.1, 0.15) is 35.2 Å². The smallest absolute Gasteiger partial charge is 0.237 e. The van der Waals surface area contributed by atoms with E-state index in [1.165, 1.54) is 0 Å². The zero-order valence-corrected chi connectivity index (χ0v) is 9.16. The van der Waals surface area contributed by atoms with E-state index >= 15 is 0 Å². The number of carbonyl (C=O) groups excluding carboxylic acids is 3. The molecule has 2 aliphatic rings. The summed E-state index contributed by atoms with van der Waals surface area (Å²) in [4.78, 5) is 35.2. The van der Waals surface area contributed by atoms with Crippen molar-refractivity contribution in [3.05, 3.63) is 35.4 Å². The Morgan fingerprint density at radius 1 is 1.12 bits per heavy atom. The number of benzene rings is 1. The van der Waals surface area contributed by atoms with Gasteiger partial charge in [-0.1, -0.05) is 24.3 Å². The van der Waals surface area contributed by atoms with Gasteiger partial charge >= 0.3 is 0 Å². The van der Waals surface area contributed by atoms with Crippen molar-refractivity contribution in [2.24, 2.45) is 0 Å². The highest BCUT2D eigenvalue weighted by Gasteiger charge is 2.51. The Morgan fingerprint density at radius 3 is 2.59 bits per heavy atom. The molecule has 4 nitrogen and oxygen atoms in total. The fourth-order valence-electron chi connectivity index (χ4n) is 2.80. The van der Waals surface area contributed by atoms with Crippen LogP contribution >= 0.6 is 0 Å². The molecule has 17 heavy (non-hydrogen) atoms. The molecule has 1 unspecified atom stereocenters. The Hall–Kier alpha value is -1.97. The highest BCUT2D eigenvalue weighted by molar-refractivity contribution is 6.12. The Balaban J connectivity index is 2.22. The van der Waals surface area contributed by atoms with E-state index in [0.29, 0.717) is 24.0 Å². The maximum Gasteiger partial charge on any atom is 0.237 e. The van der Waals surface area contributed by atoms with E-state index < -0.39 is 5.41 Å². The van der Waals surface area contributed by atoms with Crippen molar-refractivity contribution in [2.75, 3.05) is 0 Å². The molecule has 3 rings (SSSR count). The molecule has 1 fully saturated rings. The molecule has 1 aromatic carbocycles. The van der Waals surface area contributed by atoms with Gasteiger partial charge in [0.1, 0.15) is 0 Å². The van der Waals surface area contributed by atoms with Crippen LogP contribution in [-0.2, 0) is 15.0 Å². The second-order valence-corrected chi connectivity index (χ2v) is 4.60. The zero-order valence-electron chi connectivity index (χ0n) is 9.16. The Kier molecular flexibility index (Phi) is 1.96. The third-order valence-electron chi connectivity index (χ3n) is 3.67. The summed E-state index contributed by atoms with van der Waals surface area (Å²) in [6.07, 6.45) is 0.925. The number of fused-ring (bicyclic) bond motifs is 2. The fraction of sp³-hybridized carbons (Fsp3) is 0.308. The van der Waals surface area contributed by atoms with Crippen LogP contribution in [0, 0.1) is 0 Å². The van der Waals surface area contributed by atoms with Crippen molar-refractivity contribution in [1.82, 2.24) is 5.32 Å². The molecule has 86 valence electrons. The second-order valence-electron chi connectivity index (χ2n) is 4.60. The summed E-state index contributed by atoms with van der Waals surface area (Å²) < 4.78 is 0. The maximum absolute atomic E-state index is 12.0. The number of Topliss-reactive ketones (excluding diaryl/α,β-unsaturated/α-hetero) is 1. The largest absolute Gasteiger partial charge is 0.296 e. The fourth-order valence-corrected chi connectivity index (χ4v) is 2.80. The minimum Gasteiger partial charge on any atom is -0.296 e. The maximum atomic E-state index is 12.0. The van der Waals surface area contributed by atoms with Gasteiger partial charge in [-0.3, -0.25) is 19.7 Å². The number of hydrogen-bond donors (Lipinski definition) is 1. The first kappa shape index (κ1) is 10.2. The van der Waals surface area contributed by atoms with Gasteiger partial charge in [-0.25, -0.2) is 0 Å². The lowest BCUT2D eigenvalue weighted by atomic mass is 9.68. The Labute approximate surface area is 98.0 Å². The van der Waals surface area contributed by atoms with Crippen molar-refractivity contribution < 1.29 is 14.4 Å². The van der Waals surface area contributed by atoms with Crippen molar-refractivity contribution in [1.29, 1.82) is 0 Å². The van der Waals surface area contributed by atoms with Gasteiger partial charge in [-0.2, -0.15) is 0 Å². The molecule has 1 atom stereocenters. The highest BCUT2D eigenvalue weighted by Crippen LogP contribution is 2.42. The van der Waals surface area contributed by atoms with Crippen LogP contribution < -0.4 is 5.32 Å². The van der Waals surface area contributed by atoms with Crippen molar-refractivity contribution >= 4 is 17.6 Å². The van der Waals surface area contributed by atoms with E-state index in [0.717, 1.165) is 0 Å². The van der Waals surface area contributed by atoms with Gasteiger partial charge in [-0.05, 0) is 12.0 Å². The monoisotopic (exact) mass is 229 g/mol. The minimum absolute atomic E-state index is 0.0540. The third-order valence-corrected chi connectivity index (χ3v) is 3.67. The molecule has 0 radical (unpaired) electrons. The standard InChI is InChI=1S/C13H11NO3/c15-10-5-6-13(7-11(16)14-12(13)17)9-4-2-1-3-8(9)10/h1-4H,5-7H2,(H,14,16,17). The zero-order chi connectivity index (χ0) is 12.0. The van der Waals surface area contributed by atoms with Crippen molar-refractivity contribution in [2.45, 2.75) is 24.7 Å². The van der Waals surface area contributed by atoms with Crippen LogP contribution in [0.5, 0.6) is 0 Å². The SMILES string of the molecule is O=C1CC2(CCC(=O)c3ccccc32)C(=O)N1. The first-order chi connectivity index (χ1) is 8.13. The topological polar surface area (TPSA) is 63.2 Å². The van der Waals surface area contributed by atoms with Crippen LogP contribution in [0.25, 0.3) is 0 Å². The molecule has 1 aromatic rings. The van der Waals surface area contributed by atoms with Gasteiger partial charge in [-0.15, -0.1) is 0 Å². The molecule has 1 heterocycles. The molecule has 1 spiro atoms. The molecule has 2 amide bonds. The van der Waals surface area contributed by atoms with E-state index in [-0.39, 0.29) is 24.0 Å². The molecule has 0 aromatic heterocycles. The van der Waals surface area contributed by atoms with Gasteiger partial charge in [0, 0.05) is 18.4 Å². The summed E-state index contributed by atoms with van der Waals surface area (Å²) in [5, 5.41) is 2.34. The van der Waals surface area contributed by atoms with Crippen LogP contribution in [0.3, 0.4) is 0 Å². The molecule has 1 saturated heterocycles. The highest BCUT2D eigenvalue weighted by atomic mass is 16.2. The van der Waals surface area contributed by atoms with Crippen molar-refractivity contribution in [3.63, 3.8) is 0 Å². The van der Waals surface area contributed by atoms with E-state index in [2.05, 4.69) is 5.32 Å². The van der Waals surface area contributed by atoms with Crippen LogP contribution in [-0.4, -0.2) is 17.6 Å². The number of carbonyl (C=O) groups is 3. The Morgan fingerprint density at radius 2 is 1.88 bits per heavy atom. The normalized spacial score (nSPS) is 27.2. The summed E-state index contributed by atoms with van der Waals surface area (Å²) in [6, 6.07) is 7.10. The Bertz CT molecular complexity index is 549. The minimum atomic E-state index is -0.804. The number of nitrogens with one attached hydrogen (secondary N) is 1. The molecule has 4 heteroatoms. The number of hydrogen-bond acceptors (Lipinski definition) is 3. The van der Waals surface area contributed by atoms with Gasteiger partial charge in [0.25, 0.3) is 0 Å². The summed E-state index contributed by atoms with van der Waals surface area (Å²) in [5.74, 6) is -0.458. The predicted octanol–water partition coefficient (Wildman–Crippen LogP) is 0.947. The molecule has 0 bridgehead atoms. The summed E-state index contributed by atoms with van der Waals surface area (Å²) in [5.41, 5.74) is 0.491. The molecule has 1 aliphatic carbocycles. The lowest BCUT2D eigenvalue weighted by Gasteiger charge is -2.31. The van der Waals surface area contributed by atoms with Gasteiger partial charge in [0.2, 0.25) is 11.8 Å². The van der Waals surface area contributed by atoms with Gasteiger partial charge in [0.05, 0.1) is 5.41 Å². The first-order valence-corrected chi connectivity index (χ1v) is 5.60. The lowest BCUT2D eigenvalue weighted by molar-refractivity contribution is -0.126. The average molecular weight is 229 g/mol. The molecular formula is C13H11NO3. The average Bonchev–Trinajstić information content (AvgIpc) is 2.61. The van der Waals surface area contributed by atoms with Gasteiger partial charge < -0.3 is 0 Å². The predicted molar refractivity (Wildman–Crippen MR) is 59.5 cm³/mol. The molecule has 1 aliphatic heterocycles. The second kappa shape index (κ2) is 3.26. The van der Waals surface area contributed by atoms with Crippen LogP contribution in [0.4, 0.5) is 0 Å². The molecule has 0 saturated carbocycles. The van der Waals surface area contributed by atoms with Crippen LogP contribution in [0.15, 0.2) is 24.3 Å². The lowest BCUT2D eigenvalue weighted by Crippen LogP contribution is -2.40. The van der Waals surface area contributed by atoms with E-state index in [1.54, 1.807) is 24.3 Å². The first-order valence-electron chi connectivity index (χ1n) is 5.60. The number of amides is 2. The van der Waals surface area contributed by atoms with E-state index in [1.807, 2.05) is 0 Å². The van der Waals surface area contributed by atoms with E-state index in [4.69, 9.17) is 0 Å². The summed E-state index contributed by atoms with van der Waals surface area (Å²) in [7, 11) is 0. The summed E-state index contributed by atoms with van der Waals surface area (Å²) in [6.45, 7) is 0. The quantitative estimate of drug-likeness (QED) is 0.673. The molecule has 1 N–H and O–H groups in total. The summed E-state index contributed by atoms with van der Waals surface area (Å²) >= 11 is 0. The van der Waals surface area contributed by atoms with Crippen LogP contribution in [0.2, 0.25) is 0 Å². The van der Waals surface area contributed by atoms with E-state index in [9.17, 15) is 14.4 Å². The number of ketones is 1. The molecular weight excluding hydrogens is 218 g/mol. The van der Waals surface area contributed by atoms with Gasteiger partial charge in [0.15, 0.2) is 5.78 Å². The number of imide groups is 1.